The molecule has 6 rings (SSSR count). The summed E-state index contributed by atoms with van der Waals surface area (Å²) in [6.07, 6.45) is 7.37. The van der Waals surface area contributed by atoms with Crippen molar-refractivity contribution in [1.82, 2.24) is 39.3 Å². The van der Waals surface area contributed by atoms with E-state index in [1.54, 1.807) is 25.3 Å². The van der Waals surface area contributed by atoms with Gasteiger partial charge in [0.15, 0.2) is 5.15 Å². The zero-order chi connectivity index (χ0) is 30.2. The van der Waals surface area contributed by atoms with Gasteiger partial charge in [-0.05, 0) is 49.6 Å². The molecule has 0 radical (unpaired) electrons. The second kappa shape index (κ2) is 11.5. The first-order valence-electron chi connectivity index (χ1n) is 13.6. The molecule has 0 spiro atoms. The van der Waals surface area contributed by atoms with E-state index in [1.165, 1.54) is 34.0 Å². The van der Waals surface area contributed by atoms with Crippen molar-refractivity contribution in [2.24, 2.45) is 5.92 Å². The van der Waals surface area contributed by atoms with Gasteiger partial charge in [0.05, 0.1) is 47.5 Å². The van der Waals surface area contributed by atoms with Crippen LogP contribution in [0.5, 0.6) is 0 Å². The Morgan fingerprint density at radius 3 is 2.65 bits per heavy atom. The van der Waals surface area contributed by atoms with Crippen LogP contribution in [0.1, 0.15) is 49.9 Å². The summed E-state index contributed by atoms with van der Waals surface area (Å²) in [6.45, 7) is 0.753. The van der Waals surface area contributed by atoms with Gasteiger partial charge >= 0.3 is 6.55 Å². The maximum Gasteiger partial charge on any atom is 0.333 e. The Morgan fingerprint density at radius 2 is 1.91 bits per heavy atom. The minimum Gasteiger partial charge on any atom is -0.323 e. The second-order valence-electron chi connectivity index (χ2n) is 10.5. The average molecular weight is 606 g/mol. The van der Waals surface area contributed by atoms with E-state index in [0.29, 0.717) is 46.5 Å². The Balaban J connectivity index is 1.45. The van der Waals surface area contributed by atoms with Gasteiger partial charge in [0.25, 0.3) is 5.56 Å². The average Bonchev–Trinajstić information content (AvgIpc) is 3.61. The van der Waals surface area contributed by atoms with Crippen LogP contribution in [0.15, 0.2) is 66.1 Å². The fourth-order valence-corrected chi connectivity index (χ4v) is 5.45. The number of pyridine rings is 1. The summed E-state index contributed by atoms with van der Waals surface area (Å²) in [7, 11) is 0. The third-order valence-electron chi connectivity index (χ3n) is 7.52. The number of halogens is 3. The van der Waals surface area contributed by atoms with Crippen molar-refractivity contribution in [2.75, 3.05) is 5.32 Å². The molecule has 5 heterocycles. The number of fused-ring (bicyclic) bond motifs is 4. The molecule has 0 saturated heterocycles. The molecule has 11 nitrogen and oxygen atoms in total. The SMILES string of the molecule is Cc1ccc(-n2cc(Cl)nn2)c(-c2cc(=O)n(C3CCCC(C)C(=O)Nc4cnn(C(F)F)c4-c4cc3ccn4)cn2)c1. The molecule has 4 aromatic heterocycles. The van der Waals surface area contributed by atoms with E-state index in [9.17, 15) is 18.4 Å². The van der Waals surface area contributed by atoms with Crippen molar-refractivity contribution < 1.29 is 13.6 Å². The van der Waals surface area contributed by atoms with Gasteiger partial charge in [-0.3, -0.25) is 19.1 Å². The van der Waals surface area contributed by atoms with Crippen molar-refractivity contribution in [3.63, 3.8) is 0 Å². The van der Waals surface area contributed by atoms with E-state index in [4.69, 9.17) is 11.6 Å². The van der Waals surface area contributed by atoms with E-state index < -0.39 is 18.5 Å². The fourth-order valence-electron chi connectivity index (χ4n) is 5.32. The molecule has 43 heavy (non-hydrogen) atoms. The molecule has 0 aliphatic carbocycles. The van der Waals surface area contributed by atoms with Gasteiger partial charge in [0, 0.05) is 23.7 Å². The van der Waals surface area contributed by atoms with Crippen LogP contribution in [0.4, 0.5) is 14.5 Å². The molecule has 0 fully saturated rings. The number of aryl methyl sites for hydroxylation is 1. The monoisotopic (exact) mass is 605 g/mol. The van der Waals surface area contributed by atoms with Gasteiger partial charge in [-0.15, -0.1) is 5.10 Å². The van der Waals surface area contributed by atoms with Gasteiger partial charge < -0.3 is 5.32 Å². The number of aromatic nitrogens is 8. The second-order valence-corrected chi connectivity index (χ2v) is 10.9. The normalized spacial score (nSPS) is 17.2. The number of carbonyl (C=O) groups is 1. The van der Waals surface area contributed by atoms with Crippen molar-refractivity contribution in [3.8, 4) is 28.3 Å². The van der Waals surface area contributed by atoms with E-state index in [0.717, 1.165) is 5.56 Å². The van der Waals surface area contributed by atoms with Gasteiger partial charge in [0.1, 0.15) is 5.69 Å². The zero-order valence-electron chi connectivity index (χ0n) is 23.2. The molecule has 2 unspecified atom stereocenters. The topological polar surface area (TPSA) is 125 Å². The Hall–Kier alpha value is -4.78. The van der Waals surface area contributed by atoms with Crippen LogP contribution >= 0.6 is 11.6 Å². The highest BCUT2D eigenvalue weighted by molar-refractivity contribution is 6.29. The number of benzene rings is 1. The highest BCUT2D eigenvalue weighted by Gasteiger charge is 2.26. The number of hydrogen-bond donors (Lipinski definition) is 1. The maximum atomic E-state index is 13.9. The summed E-state index contributed by atoms with van der Waals surface area (Å²) < 4.78 is 31.4. The number of nitrogens with one attached hydrogen (secondary N) is 1. The van der Waals surface area contributed by atoms with Crippen molar-refractivity contribution >= 4 is 23.2 Å². The lowest BCUT2D eigenvalue weighted by molar-refractivity contribution is -0.119. The van der Waals surface area contributed by atoms with Crippen LogP contribution in [0.25, 0.3) is 28.3 Å². The number of alkyl halides is 2. The molecule has 1 aliphatic rings. The summed E-state index contributed by atoms with van der Waals surface area (Å²) in [6, 6.07) is 10.0. The molecule has 1 aliphatic heterocycles. The van der Waals surface area contributed by atoms with Gasteiger partial charge in [-0.2, -0.15) is 18.6 Å². The molecule has 1 aromatic carbocycles. The molecule has 1 amide bonds. The van der Waals surface area contributed by atoms with Crippen LogP contribution < -0.4 is 10.9 Å². The molecule has 2 bridgehead atoms. The minimum absolute atomic E-state index is 0.0160. The minimum atomic E-state index is -2.95. The Labute approximate surface area is 249 Å². The van der Waals surface area contributed by atoms with Crippen LogP contribution in [0, 0.1) is 12.8 Å². The Kier molecular flexibility index (Phi) is 7.57. The molecule has 2 atom stereocenters. The van der Waals surface area contributed by atoms with Crippen molar-refractivity contribution in [2.45, 2.75) is 45.7 Å². The van der Waals surface area contributed by atoms with E-state index in [-0.39, 0.29) is 33.7 Å². The molecule has 1 N–H and O–H groups in total. The molecular formula is C29H26ClF2N9O2. The predicted octanol–water partition coefficient (Wildman–Crippen LogP) is 5.45. The maximum absolute atomic E-state index is 13.9. The third-order valence-corrected chi connectivity index (χ3v) is 7.70. The lowest BCUT2D eigenvalue weighted by atomic mass is 9.95. The number of rotatable bonds is 4. The van der Waals surface area contributed by atoms with Crippen molar-refractivity contribution in [1.29, 1.82) is 0 Å². The zero-order valence-corrected chi connectivity index (χ0v) is 23.9. The number of hydrogen-bond acceptors (Lipinski definition) is 7. The first kappa shape index (κ1) is 28.3. The van der Waals surface area contributed by atoms with Crippen LogP contribution in [-0.2, 0) is 4.79 Å². The van der Waals surface area contributed by atoms with E-state index >= 15 is 0 Å². The molecule has 220 valence electrons. The number of anilines is 1. The first-order valence-corrected chi connectivity index (χ1v) is 14.0. The number of carbonyl (C=O) groups excluding carboxylic acids is 1. The highest BCUT2D eigenvalue weighted by atomic mass is 35.5. The molecule has 5 aromatic rings. The Bertz CT molecular complexity index is 1880. The number of amides is 1. The van der Waals surface area contributed by atoms with Crippen LogP contribution in [0.3, 0.4) is 0 Å². The molecule has 14 heteroatoms. The van der Waals surface area contributed by atoms with Gasteiger partial charge in [-0.1, -0.05) is 41.8 Å². The summed E-state index contributed by atoms with van der Waals surface area (Å²) in [4.78, 5) is 35.6. The number of nitrogens with zero attached hydrogens (tertiary/aromatic N) is 8. The lowest BCUT2D eigenvalue weighted by Gasteiger charge is -2.23. The first-order chi connectivity index (χ1) is 20.7. The third kappa shape index (κ3) is 5.55. The van der Waals surface area contributed by atoms with E-state index in [2.05, 4.69) is 30.7 Å². The summed E-state index contributed by atoms with van der Waals surface area (Å²) in [5.74, 6) is -0.717. The van der Waals surface area contributed by atoms with Gasteiger partial charge in [0.2, 0.25) is 5.91 Å². The summed E-state index contributed by atoms with van der Waals surface area (Å²) >= 11 is 6.00. The van der Waals surface area contributed by atoms with Crippen molar-refractivity contribution in [3.05, 3.63) is 87.9 Å². The summed E-state index contributed by atoms with van der Waals surface area (Å²) in [5, 5.41) is 14.7. The standard InChI is InChI=1S/C29H26ClF2N9O2/c1-16-6-7-24(40-14-25(30)37-38-40)19(10-16)20-12-26(42)39(15-34-20)23-5-3-4-17(2)28(43)36-22-13-35-41(29(31)32)27(22)21-11-18(23)8-9-33-21/h6-15,17,23,29H,3-5H2,1-2H3,(H,36,43). The predicted molar refractivity (Wildman–Crippen MR) is 155 cm³/mol. The lowest BCUT2D eigenvalue weighted by Crippen LogP contribution is -2.26. The highest BCUT2D eigenvalue weighted by Crippen LogP contribution is 2.34. The molecular weight excluding hydrogens is 580 g/mol. The Morgan fingerprint density at radius 1 is 1.07 bits per heavy atom. The van der Waals surface area contributed by atoms with Crippen LogP contribution in [-0.4, -0.2) is 45.2 Å². The smallest absolute Gasteiger partial charge is 0.323 e. The van der Waals surface area contributed by atoms with Crippen LogP contribution in [0.2, 0.25) is 5.15 Å². The van der Waals surface area contributed by atoms with Gasteiger partial charge in [-0.25, -0.2) is 9.67 Å². The largest absolute Gasteiger partial charge is 0.333 e. The molecule has 0 saturated carbocycles. The summed E-state index contributed by atoms with van der Waals surface area (Å²) in [5.41, 5.74) is 3.41. The quantitative estimate of drug-likeness (QED) is 0.288. The fraction of sp³-hybridized carbons (Fsp3) is 0.276. The van der Waals surface area contributed by atoms with E-state index in [1.807, 2.05) is 25.1 Å².